The number of fused-ring (bicyclic) bond motifs is 1. The summed E-state index contributed by atoms with van der Waals surface area (Å²) in [6, 6.07) is 14.9. The number of ether oxygens (including phenoxy) is 2. The fourth-order valence-corrected chi connectivity index (χ4v) is 4.48. The molecule has 1 saturated heterocycles. The summed E-state index contributed by atoms with van der Waals surface area (Å²) in [5.41, 5.74) is -0.196. The maximum atomic E-state index is 13.6. The van der Waals surface area contributed by atoms with Gasteiger partial charge in [-0.05, 0) is 63.1 Å². The Balaban J connectivity index is 1.63. The largest absolute Gasteiger partial charge is 0.478 e. The van der Waals surface area contributed by atoms with E-state index in [0.29, 0.717) is 22.4 Å². The van der Waals surface area contributed by atoms with Gasteiger partial charge in [-0.2, -0.15) is 0 Å². The molecule has 1 fully saturated rings. The molecule has 5 nitrogen and oxygen atoms in total. The van der Waals surface area contributed by atoms with Gasteiger partial charge in [-0.15, -0.1) is 0 Å². The smallest absolute Gasteiger partial charge is 0.272 e. The van der Waals surface area contributed by atoms with Crippen molar-refractivity contribution in [3.8, 4) is 5.75 Å². The number of halogens is 1. The number of hydrogen-bond donors (Lipinski definition) is 0. The van der Waals surface area contributed by atoms with E-state index in [1.54, 1.807) is 43.0 Å². The highest BCUT2D eigenvalue weighted by Gasteiger charge is 2.38. The second kappa shape index (κ2) is 8.30. The van der Waals surface area contributed by atoms with Crippen LogP contribution in [0.2, 0.25) is 5.02 Å². The first-order valence-electron chi connectivity index (χ1n) is 9.66. The summed E-state index contributed by atoms with van der Waals surface area (Å²) in [6.07, 6.45) is 1.96. The van der Waals surface area contributed by atoms with Gasteiger partial charge in [0.25, 0.3) is 5.91 Å². The van der Waals surface area contributed by atoms with Crippen molar-refractivity contribution in [3.63, 3.8) is 0 Å². The first-order valence-corrected chi connectivity index (χ1v) is 10.9. The van der Waals surface area contributed by atoms with Crippen molar-refractivity contribution < 1.29 is 14.3 Å². The zero-order valence-corrected chi connectivity index (χ0v) is 18.0. The third-order valence-corrected chi connectivity index (χ3v) is 6.18. The van der Waals surface area contributed by atoms with E-state index in [4.69, 9.17) is 26.1 Å². The molecule has 0 bridgehead atoms. The van der Waals surface area contributed by atoms with Crippen LogP contribution in [0.1, 0.15) is 26.7 Å². The molecule has 2 aromatic carbocycles. The van der Waals surface area contributed by atoms with Gasteiger partial charge in [-0.1, -0.05) is 35.1 Å². The fraction of sp³-hybridized carbons (Fsp3) is 0.364. The van der Waals surface area contributed by atoms with Crippen molar-refractivity contribution in [1.29, 1.82) is 0 Å². The Labute approximate surface area is 179 Å². The van der Waals surface area contributed by atoms with Gasteiger partial charge in [0.1, 0.15) is 5.75 Å². The van der Waals surface area contributed by atoms with E-state index in [9.17, 15) is 4.79 Å². The molecule has 0 radical (unpaired) electrons. The summed E-state index contributed by atoms with van der Waals surface area (Å²) in [5, 5.41) is 1.29. The number of rotatable bonds is 6. The van der Waals surface area contributed by atoms with Gasteiger partial charge in [0.2, 0.25) is 0 Å². The van der Waals surface area contributed by atoms with Gasteiger partial charge in [0.15, 0.2) is 10.7 Å². The Bertz CT molecular complexity index is 964. The van der Waals surface area contributed by atoms with Crippen molar-refractivity contribution in [2.24, 2.45) is 0 Å². The molecular formula is C22H23ClN2O3S. The van der Waals surface area contributed by atoms with Crippen LogP contribution in [0.4, 0.5) is 5.13 Å². The van der Waals surface area contributed by atoms with Crippen molar-refractivity contribution in [3.05, 3.63) is 53.6 Å². The van der Waals surface area contributed by atoms with Crippen LogP contribution < -0.4 is 9.64 Å². The molecule has 0 spiro atoms. The molecule has 0 N–H and O–H groups in total. The molecule has 1 aliphatic heterocycles. The SMILES string of the molecule is CC(C)(Oc1ccc(Cl)cc1)C(=O)N(CC1CCCO1)c1nc2ccccc2s1. The van der Waals surface area contributed by atoms with Crippen LogP contribution in [0.3, 0.4) is 0 Å². The molecule has 2 heterocycles. The maximum Gasteiger partial charge on any atom is 0.272 e. The number of thiazole rings is 1. The molecule has 0 saturated carbocycles. The molecule has 1 amide bonds. The predicted molar refractivity (Wildman–Crippen MR) is 117 cm³/mol. The van der Waals surface area contributed by atoms with Crippen molar-refractivity contribution >= 4 is 44.2 Å². The molecule has 152 valence electrons. The van der Waals surface area contributed by atoms with Crippen LogP contribution >= 0.6 is 22.9 Å². The highest BCUT2D eigenvalue weighted by molar-refractivity contribution is 7.22. The summed E-state index contributed by atoms with van der Waals surface area (Å²) in [6.45, 7) is 4.75. The molecule has 29 heavy (non-hydrogen) atoms. The van der Waals surface area contributed by atoms with Crippen molar-refractivity contribution in [2.75, 3.05) is 18.1 Å². The number of carbonyl (C=O) groups excluding carboxylic acids is 1. The van der Waals surface area contributed by atoms with E-state index in [-0.39, 0.29) is 12.0 Å². The van der Waals surface area contributed by atoms with Gasteiger partial charge in [-0.3, -0.25) is 9.69 Å². The summed E-state index contributed by atoms with van der Waals surface area (Å²) >= 11 is 7.47. The maximum absolute atomic E-state index is 13.6. The molecular weight excluding hydrogens is 408 g/mol. The Kier molecular flexibility index (Phi) is 5.76. The van der Waals surface area contributed by atoms with Gasteiger partial charge in [-0.25, -0.2) is 4.98 Å². The number of anilines is 1. The van der Waals surface area contributed by atoms with E-state index in [2.05, 4.69) is 0 Å². The first-order chi connectivity index (χ1) is 13.9. The number of benzene rings is 2. The number of amides is 1. The molecule has 3 aromatic rings. The Morgan fingerprint density at radius 2 is 2.03 bits per heavy atom. The minimum absolute atomic E-state index is 0.0114. The molecule has 1 unspecified atom stereocenters. The van der Waals surface area contributed by atoms with Crippen LogP contribution in [-0.2, 0) is 9.53 Å². The molecule has 4 rings (SSSR count). The predicted octanol–water partition coefficient (Wildman–Crippen LogP) is 5.32. The number of carbonyl (C=O) groups is 1. The molecule has 1 atom stereocenters. The molecule has 1 aromatic heterocycles. The lowest BCUT2D eigenvalue weighted by Crippen LogP contribution is -2.51. The third kappa shape index (κ3) is 4.55. The average molecular weight is 431 g/mol. The van der Waals surface area contributed by atoms with E-state index in [1.807, 2.05) is 24.3 Å². The topological polar surface area (TPSA) is 51.7 Å². The van der Waals surface area contributed by atoms with E-state index in [0.717, 1.165) is 29.7 Å². The summed E-state index contributed by atoms with van der Waals surface area (Å²) in [4.78, 5) is 20.0. The minimum atomic E-state index is -1.08. The van der Waals surface area contributed by atoms with Gasteiger partial charge >= 0.3 is 0 Å². The fourth-order valence-electron chi connectivity index (χ4n) is 3.38. The minimum Gasteiger partial charge on any atom is -0.478 e. The van der Waals surface area contributed by atoms with Crippen LogP contribution in [0.15, 0.2) is 48.5 Å². The number of hydrogen-bond acceptors (Lipinski definition) is 5. The van der Waals surface area contributed by atoms with Crippen molar-refractivity contribution in [2.45, 2.75) is 38.4 Å². The standard InChI is InChI=1S/C22H23ClN2O3S/c1-22(2,28-16-11-9-15(23)10-12-16)20(26)25(14-17-6-5-13-27-17)21-24-18-7-3-4-8-19(18)29-21/h3-4,7-12,17H,5-6,13-14H2,1-2H3. The third-order valence-electron chi connectivity index (χ3n) is 4.87. The summed E-state index contributed by atoms with van der Waals surface area (Å²) in [7, 11) is 0. The first kappa shape index (κ1) is 20.1. The average Bonchev–Trinajstić information content (AvgIpc) is 3.36. The highest BCUT2D eigenvalue weighted by Crippen LogP contribution is 2.32. The normalized spacial score (nSPS) is 16.9. The monoisotopic (exact) mass is 430 g/mol. The van der Waals surface area contributed by atoms with Crippen LogP contribution in [0, 0.1) is 0 Å². The Morgan fingerprint density at radius 1 is 1.28 bits per heavy atom. The van der Waals surface area contributed by atoms with Crippen LogP contribution in [0.25, 0.3) is 10.2 Å². The Hall–Kier alpha value is -2.15. The second-order valence-electron chi connectivity index (χ2n) is 7.58. The molecule has 7 heteroatoms. The number of nitrogens with zero attached hydrogens (tertiary/aromatic N) is 2. The van der Waals surface area contributed by atoms with Gasteiger partial charge in [0.05, 0.1) is 22.9 Å². The highest BCUT2D eigenvalue weighted by atomic mass is 35.5. The summed E-state index contributed by atoms with van der Waals surface area (Å²) in [5.74, 6) is 0.441. The molecule has 0 aliphatic carbocycles. The lowest BCUT2D eigenvalue weighted by Gasteiger charge is -2.32. The Morgan fingerprint density at radius 3 is 2.72 bits per heavy atom. The number of para-hydroxylation sites is 1. The van der Waals surface area contributed by atoms with Crippen LogP contribution in [0.5, 0.6) is 5.75 Å². The quantitative estimate of drug-likeness (QED) is 0.531. The summed E-state index contributed by atoms with van der Waals surface area (Å²) < 4.78 is 12.9. The number of aromatic nitrogens is 1. The lowest BCUT2D eigenvalue weighted by atomic mass is 10.1. The second-order valence-corrected chi connectivity index (χ2v) is 9.03. The van der Waals surface area contributed by atoms with E-state index in [1.165, 1.54) is 11.3 Å². The zero-order valence-electron chi connectivity index (χ0n) is 16.4. The van der Waals surface area contributed by atoms with Crippen LogP contribution in [-0.4, -0.2) is 35.7 Å². The lowest BCUT2D eigenvalue weighted by molar-refractivity contribution is -0.131. The van der Waals surface area contributed by atoms with Crippen molar-refractivity contribution in [1.82, 2.24) is 4.98 Å². The zero-order chi connectivity index (χ0) is 20.4. The van der Waals surface area contributed by atoms with Gasteiger partial charge < -0.3 is 9.47 Å². The van der Waals surface area contributed by atoms with E-state index >= 15 is 0 Å². The van der Waals surface area contributed by atoms with E-state index < -0.39 is 5.60 Å². The molecule has 1 aliphatic rings. The van der Waals surface area contributed by atoms with Gasteiger partial charge in [0, 0.05) is 11.6 Å².